The molecule has 2 nitrogen and oxygen atoms in total. The molecule has 3 rings (SSSR count). The van der Waals surface area contributed by atoms with E-state index in [4.69, 9.17) is 17.0 Å². The third kappa shape index (κ3) is 1.61. The summed E-state index contributed by atoms with van der Waals surface area (Å²) >= 11 is 6.28. The summed E-state index contributed by atoms with van der Waals surface area (Å²) in [6.07, 6.45) is 0. The van der Waals surface area contributed by atoms with Crippen LogP contribution in [0.15, 0.2) is 42.5 Å². The molecule has 0 aliphatic carbocycles. The van der Waals surface area contributed by atoms with Crippen molar-refractivity contribution in [1.29, 1.82) is 5.41 Å². The van der Waals surface area contributed by atoms with Gasteiger partial charge in [-0.05, 0) is 24.1 Å². The molecule has 1 N–H and O–H groups in total. The molecule has 0 unspecified atom stereocenters. The maximum Gasteiger partial charge on any atom is 0.133 e. The van der Waals surface area contributed by atoms with Crippen molar-refractivity contribution in [2.24, 2.45) is 0 Å². The van der Waals surface area contributed by atoms with E-state index in [-0.39, 0.29) is 0 Å². The van der Waals surface area contributed by atoms with E-state index in [0.717, 1.165) is 23.4 Å². The normalized spacial score (nSPS) is 13.9. The second kappa shape index (κ2) is 4.14. The maximum atomic E-state index is 8.29. The van der Waals surface area contributed by atoms with Crippen LogP contribution < -0.4 is 4.90 Å². The number of amidine groups is 1. The largest absolute Gasteiger partial charge is 0.320 e. The first-order valence-corrected chi connectivity index (χ1v) is 6.26. The molecular weight excluding hydrogens is 244 g/mol. The minimum absolute atomic E-state index is 0.529. The van der Waals surface area contributed by atoms with E-state index in [1.165, 1.54) is 5.56 Å². The average molecular weight is 257 g/mol. The Morgan fingerprint density at radius 1 is 1.11 bits per heavy atom. The van der Waals surface area contributed by atoms with Crippen LogP contribution in [0.3, 0.4) is 0 Å². The number of hydrogen-bond acceptors (Lipinski definition) is 1. The predicted molar refractivity (Wildman–Crippen MR) is 75.6 cm³/mol. The molecule has 0 radical (unpaired) electrons. The van der Waals surface area contributed by atoms with Crippen LogP contribution in [0.4, 0.5) is 5.69 Å². The molecule has 0 saturated carbocycles. The number of para-hydroxylation sites is 1. The first-order valence-electron chi connectivity index (χ1n) is 5.88. The lowest BCUT2D eigenvalue weighted by molar-refractivity contribution is 1.04. The van der Waals surface area contributed by atoms with E-state index in [9.17, 15) is 0 Å². The van der Waals surface area contributed by atoms with Gasteiger partial charge in [-0.2, -0.15) is 0 Å². The van der Waals surface area contributed by atoms with Crippen LogP contribution in [0.2, 0.25) is 5.02 Å². The Hall–Kier alpha value is -1.80. The predicted octanol–water partition coefficient (Wildman–Crippen LogP) is 3.99. The Balaban J connectivity index is 2.10. The van der Waals surface area contributed by atoms with Gasteiger partial charge in [-0.25, -0.2) is 0 Å². The van der Waals surface area contributed by atoms with E-state index in [1.54, 1.807) is 0 Å². The molecule has 3 heteroatoms. The summed E-state index contributed by atoms with van der Waals surface area (Å²) < 4.78 is 0. The Morgan fingerprint density at radius 3 is 2.61 bits per heavy atom. The fraction of sp³-hybridized carbons (Fsp3) is 0.133. The lowest BCUT2D eigenvalue weighted by Crippen LogP contribution is -2.24. The molecule has 2 aromatic carbocycles. The van der Waals surface area contributed by atoms with E-state index < -0.39 is 0 Å². The molecule has 1 heterocycles. The number of rotatable bonds is 1. The third-order valence-corrected chi connectivity index (χ3v) is 3.63. The molecule has 0 aromatic heterocycles. The maximum absolute atomic E-state index is 8.29. The molecule has 0 saturated heterocycles. The Labute approximate surface area is 111 Å². The standard InChI is InChI=1S/C15H13ClN2/c1-10-5-4-8-13(16)14(10)18-9-11-6-2-3-7-12(11)15(18)17/h2-8,17H,9H2,1H3. The van der Waals surface area contributed by atoms with Gasteiger partial charge < -0.3 is 4.90 Å². The molecule has 0 bridgehead atoms. The zero-order valence-corrected chi connectivity index (χ0v) is 10.8. The van der Waals surface area contributed by atoms with Gasteiger partial charge in [0.2, 0.25) is 0 Å². The summed E-state index contributed by atoms with van der Waals surface area (Å²) in [4.78, 5) is 1.97. The SMILES string of the molecule is Cc1cccc(Cl)c1N1Cc2ccccc2C1=N. The van der Waals surface area contributed by atoms with Gasteiger partial charge >= 0.3 is 0 Å². The fourth-order valence-corrected chi connectivity index (χ4v) is 2.76. The summed E-state index contributed by atoms with van der Waals surface area (Å²) in [6.45, 7) is 2.75. The van der Waals surface area contributed by atoms with Crippen LogP contribution in [0.5, 0.6) is 0 Å². The molecule has 0 atom stereocenters. The highest BCUT2D eigenvalue weighted by atomic mass is 35.5. The molecule has 0 amide bonds. The lowest BCUT2D eigenvalue weighted by Gasteiger charge is -2.21. The van der Waals surface area contributed by atoms with E-state index >= 15 is 0 Å². The first-order chi connectivity index (χ1) is 8.68. The fourth-order valence-electron chi connectivity index (χ4n) is 2.44. The van der Waals surface area contributed by atoms with Crippen molar-refractivity contribution in [2.45, 2.75) is 13.5 Å². The van der Waals surface area contributed by atoms with Gasteiger partial charge in [0.05, 0.1) is 17.3 Å². The number of halogens is 1. The summed E-state index contributed by atoms with van der Waals surface area (Å²) in [5.41, 5.74) is 4.22. The number of nitrogens with one attached hydrogen (secondary N) is 1. The number of aryl methyl sites for hydroxylation is 1. The summed E-state index contributed by atoms with van der Waals surface area (Å²) in [6, 6.07) is 13.9. The van der Waals surface area contributed by atoms with Crippen LogP contribution in [0.1, 0.15) is 16.7 Å². The van der Waals surface area contributed by atoms with E-state index in [0.29, 0.717) is 10.9 Å². The lowest BCUT2D eigenvalue weighted by atomic mass is 10.1. The summed E-state index contributed by atoms with van der Waals surface area (Å²) in [7, 11) is 0. The molecule has 0 spiro atoms. The first kappa shape index (κ1) is 11.3. The Morgan fingerprint density at radius 2 is 1.89 bits per heavy atom. The number of hydrogen-bond donors (Lipinski definition) is 1. The number of nitrogens with zero attached hydrogens (tertiary/aromatic N) is 1. The van der Waals surface area contributed by atoms with Crippen LogP contribution in [-0.2, 0) is 6.54 Å². The molecule has 1 aliphatic rings. The second-order valence-corrected chi connectivity index (χ2v) is 4.90. The van der Waals surface area contributed by atoms with Crippen molar-refractivity contribution >= 4 is 23.1 Å². The number of fused-ring (bicyclic) bond motifs is 1. The molecular formula is C15H13ClN2. The van der Waals surface area contributed by atoms with Crippen molar-refractivity contribution in [1.82, 2.24) is 0 Å². The van der Waals surface area contributed by atoms with Crippen LogP contribution in [0.25, 0.3) is 0 Å². The third-order valence-electron chi connectivity index (χ3n) is 3.33. The van der Waals surface area contributed by atoms with Gasteiger partial charge in [0.1, 0.15) is 5.84 Å². The van der Waals surface area contributed by atoms with Gasteiger partial charge in [-0.1, -0.05) is 48.0 Å². The minimum Gasteiger partial charge on any atom is -0.320 e. The minimum atomic E-state index is 0.529. The van der Waals surface area contributed by atoms with Gasteiger partial charge in [0.15, 0.2) is 0 Å². The zero-order valence-electron chi connectivity index (χ0n) is 10.1. The molecule has 18 heavy (non-hydrogen) atoms. The second-order valence-electron chi connectivity index (χ2n) is 4.50. The topological polar surface area (TPSA) is 27.1 Å². The quantitative estimate of drug-likeness (QED) is 0.821. The summed E-state index contributed by atoms with van der Waals surface area (Å²) in [5.74, 6) is 0.529. The Kier molecular flexibility index (Phi) is 2.60. The van der Waals surface area contributed by atoms with E-state index in [1.807, 2.05) is 48.2 Å². The molecule has 2 aromatic rings. The molecule has 0 fully saturated rings. The Bertz CT molecular complexity index is 614. The van der Waals surface area contributed by atoms with Gasteiger partial charge in [-0.3, -0.25) is 5.41 Å². The van der Waals surface area contributed by atoms with Crippen LogP contribution in [0, 0.1) is 12.3 Å². The summed E-state index contributed by atoms with van der Waals surface area (Å²) in [5, 5.41) is 8.99. The van der Waals surface area contributed by atoms with Crippen molar-refractivity contribution in [3.63, 3.8) is 0 Å². The highest BCUT2D eigenvalue weighted by Crippen LogP contribution is 2.35. The zero-order chi connectivity index (χ0) is 12.7. The van der Waals surface area contributed by atoms with Crippen molar-refractivity contribution < 1.29 is 0 Å². The van der Waals surface area contributed by atoms with Crippen molar-refractivity contribution in [3.05, 3.63) is 64.2 Å². The monoisotopic (exact) mass is 256 g/mol. The molecule has 90 valence electrons. The number of anilines is 1. The van der Waals surface area contributed by atoms with Gasteiger partial charge in [0, 0.05) is 5.56 Å². The highest BCUT2D eigenvalue weighted by molar-refractivity contribution is 6.34. The average Bonchev–Trinajstić information content (AvgIpc) is 2.68. The van der Waals surface area contributed by atoms with Crippen LogP contribution >= 0.6 is 11.6 Å². The molecule has 1 aliphatic heterocycles. The van der Waals surface area contributed by atoms with Crippen molar-refractivity contribution in [3.8, 4) is 0 Å². The highest BCUT2D eigenvalue weighted by Gasteiger charge is 2.26. The van der Waals surface area contributed by atoms with Crippen molar-refractivity contribution in [2.75, 3.05) is 4.90 Å². The van der Waals surface area contributed by atoms with E-state index in [2.05, 4.69) is 6.07 Å². The van der Waals surface area contributed by atoms with Gasteiger partial charge in [0.25, 0.3) is 0 Å². The smallest absolute Gasteiger partial charge is 0.133 e. The number of benzene rings is 2. The van der Waals surface area contributed by atoms with Crippen LogP contribution in [-0.4, -0.2) is 5.84 Å². The van der Waals surface area contributed by atoms with Gasteiger partial charge in [-0.15, -0.1) is 0 Å².